The third-order valence-corrected chi connectivity index (χ3v) is 6.44. The minimum Gasteiger partial charge on any atom is -0.368 e. The van der Waals surface area contributed by atoms with Gasteiger partial charge in [-0.15, -0.1) is 0 Å². The molecule has 3 aromatic heterocycles. The van der Waals surface area contributed by atoms with Gasteiger partial charge in [0.05, 0.1) is 18.8 Å². The summed E-state index contributed by atoms with van der Waals surface area (Å²) in [5.41, 5.74) is 6.48. The van der Waals surface area contributed by atoms with E-state index in [9.17, 15) is 4.79 Å². The van der Waals surface area contributed by atoms with Gasteiger partial charge < -0.3 is 15.0 Å². The lowest BCUT2D eigenvalue weighted by molar-refractivity contribution is -0.0249. The number of nitrogens with zero attached hydrogens (tertiary/aromatic N) is 4. The molecular formula is C25H30N6O2. The summed E-state index contributed by atoms with van der Waals surface area (Å²) in [5.74, 6) is 0.799. The first-order valence-electron chi connectivity index (χ1n) is 11.7. The molecule has 0 saturated carbocycles. The van der Waals surface area contributed by atoms with Crippen LogP contribution in [0.1, 0.15) is 64.1 Å². The van der Waals surface area contributed by atoms with Gasteiger partial charge in [-0.25, -0.2) is 4.98 Å². The van der Waals surface area contributed by atoms with Gasteiger partial charge in [0.15, 0.2) is 5.69 Å². The number of morpholine rings is 1. The minimum absolute atomic E-state index is 0.0159. The number of aryl methyl sites for hydroxylation is 3. The molecule has 5 rings (SSSR count). The standard InChI is InChI=1S/C25H30N6O2/c1-16-7-6-10-26-24(16)28-18-13-17(2)27-21(14-18)22-15-31(11-12-33-22)25(32)23-19-8-4-3-5-9-20(19)29-30-23/h6-7,10,13-14,22H,3-5,8-9,11-12,15H2,1-2H3,(H,29,30)(H,26,27,28). The van der Waals surface area contributed by atoms with Crippen molar-refractivity contribution in [2.24, 2.45) is 0 Å². The van der Waals surface area contributed by atoms with Crippen LogP contribution in [0.3, 0.4) is 0 Å². The van der Waals surface area contributed by atoms with Crippen molar-refractivity contribution >= 4 is 17.4 Å². The van der Waals surface area contributed by atoms with Crippen LogP contribution < -0.4 is 5.32 Å². The summed E-state index contributed by atoms with van der Waals surface area (Å²) in [5, 5.41) is 10.9. The number of nitrogens with one attached hydrogen (secondary N) is 2. The van der Waals surface area contributed by atoms with Crippen LogP contribution in [-0.2, 0) is 17.6 Å². The Morgan fingerprint density at radius 2 is 2.09 bits per heavy atom. The number of amides is 1. The molecule has 8 heteroatoms. The number of carbonyl (C=O) groups excluding carboxylic acids is 1. The van der Waals surface area contributed by atoms with Crippen molar-refractivity contribution in [3.8, 4) is 0 Å². The van der Waals surface area contributed by atoms with E-state index >= 15 is 0 Å². The molecule has 0 aromatic carbocycles. The predicted molar refractivity (Wildman–Crippen MR) is 126 cm³/mol. The average Bonchev–Trinajstić information content (AvgIpc) is 3.07. The number of hydrogen-bond acceptors (Lipinski definition) is 6. The van der Waals surface area contributed by atoms with E-state index in [2.05, 4.69) is 20.5 Å². The van der Waals surface area contributed by atoms with Gasteiger partial charge in [-0.2, -0.15) is 5.10 Å². The molecule has 1 aliphatic heterocycles. The van der Waals surface area contributed by atoms with Gasteiger partial charge in [-0.1, -0.05) is 12.5 Å². The van der Waals surface area contributed by atoms with Gasteiger partial charge >= 0.3 is 0 Å². The van der Waals surface area contributed by atoms with Crippen LogP contribution in [0.4, 0.5) is 11.5 Å². The van der Waals surface area contributed by atoms with E-state index in [0.717, 1.165) is 65.4 Å². The van der Waals surface area contributed by atoms with E-state index < -0.39 is 0 Å². The molecule has 2 N–H and O–H groups in total. The van der Waals surface area contributed by atoms with E-state index in [0.29, 0.717) is 25.4 Å². The zero-order valence-corrected chi connectivity index (χ0v) is 19.2. The molecule has 0 bridgehead atoms. The summed E-state index contributed by atoms with van der Waals surface area (Å²) in [4.78, 5) is 24.4. The number of hydrogen-bond donors (Lipinski definition) is 2. The summed E-state index contributed by atoms with van der Waals surface area (Å²) in [6, 6.07) is 7.92. The smallest absolute Gasteiger partial charge is 0.274 e. The van der Waals surface area contributed by atoms with Crippen molar-refractivity contribution in [2.45, 2.75) is 52.1 Å². The summed E-state index contributed by atoms with van der Waals surface area (Å²) in [7, 11) is 0. The highest BCUT2D eigenvalue weighted by Crippen LogP contribution is 2.28. The Morgan fingerprint density at radius 1 is 1.21 bits per heavy atom. The monoisotopic (exact) mass is 446 g/mol. The molecule has 1 saturated heterocycles. The van der Waals surface area contributed by atoms with E-state index in [1.807, 2.05) is 43.0 Å². The summed E-state index contributed by atoms with van der Waals surface area (Å²) in [6.07, 6.45) is 6.83. The zero-order valence-electron chi connectivity index (χ0n) is 19.2. The number of aromatic nitrogens is 4. The third-order valence-electron chi connectivity index (χ3n) is 6.44. The maximum absolute atomic E-state index is 13.4. The predicted octanol–water partition coefficient (Wildman–Crippen LogP) is 4.04. The van der Waals surface area contributed by atoms with Gasteiger partial charge in [-0.05, 0) is 63.3 Å². The van der Waals surface area contributed by atoms with Crippen LogP contribution in [0.2, 0.25) is 0 Å². The van der Waals surface area contributed by atoms with Crippen molar-refractivity contribution in [1.82, 2.24) is 25.1 Å². The SMILES string of the molecule is Cc1cc(Nc2ncccc2C)cc(C2CN(C(=O)c3n[nH]c4c3CCCCC4)CCO2)n1. The molecule has 33 heavy (non-hydrogen) atoms. The van der Waals surface area contributed by atoms with E-state index in [1.54, 1.807) is 6.20 Å². The quantitative estimate of drug-likeness (QED) is 0.587. The molecule has 8 nitrogen and oxygen atoms in total. The number of aromatic amines is 1. The van der Waals surface area contributed by atoms with Crippen molar-refractivity contribution in [1.29, 1.82) is 0 Å². The molecule has 4 heterocycles. The first kappa shape index (κ1) is 21.6. The second-order valence-corrected chi connectivity index (χ2v) is 8.92. The van der Waals surface area contributed by atoms with E-state index in [-0.39, 0.29) is 12.0 Å². The number of ether oxygens (including phenoxy) is 1. The fourth-order valence-electron chi connectivity index (χ4n) is 4.68. The molecule has 3 aromatic rings. The van der Waals surface area contributed by atoms with Crippen LogP contribution in [0.25, 0.3) is 0 Å². The lowest BCUT2D eigenvalue weighted by atomic mass is 10.1. The van der Waals surface area contributed by atoms with Crippen LogP contribution >= 0.6 is 0 Å². The molecular weight excluding hydrogens is 416 g/mol. The molecule has 1 atom stereocenters. The van der Waals surface area contributed by atoms with Gasteiger partial charge in [0.1, 0.15) is 11.9 Å². The summed E-state index contributed by atoms with van der Waals surface area (Å²) in [6.45, 7) is 5.47. The summed E-state index contributed by atoms with van der Waals surface area (Å²) < 4.78 is 6.05. The topological polar surface area (TPSA) is 96.0 Å². The van der Waals surface area contributed by atoms with Crippen molar-refractivity contribution in [3.63, 3.8) is 0 Å². The number of carbonyl (C=O) groups is 1. The fourth-order valence-corrected chi connectivity index (χ4v) is 4.68. The normalized spacial score (nSPS) is 18.5. The Bertz CT molecular complexity index is 1160. The average molecular weight is 447 g/mol. The highest BCUT2D eigenvalue weighted by molar-refractivity contribution is 5.94. The number of rotatable bonds is 4. The molecule has 1 amide bonds. The lowest BCUT2D eigenvalue weighted by Gasteiger charge is -2.32. The molecule has 2 aliphatic rings. The molecule has 1 unspecified atom stereocenters. The highest BCUT2D eigenvalue weighted by Gasteiger charge is 2.31. The Balaban J connectivity index is 1.35. The van der Waals surface area contributed by atoms with Crippen molar-refractivity contribution in [3.05, 3.63) is 64.4 Å². The third kappa shape index (κ3) is 4.61. The Morgan fingerprint density at radius 3 is 2.97 bits per heavy atom. The van der Waals surface area contributed by atoms with Gasteiger partial charge in [0.25, 0.3) is 5.91 Å². The van der Waals surface area contributed by atoms with Crippen LogP contribution in [-0.4, -0.2) is 50.7 Å². The van der Waals surface area contributed by atoms with Gasteiger partial charge in [-0.3, -0.25) is 14.9 Å². The molecule has 1 fully saturated rings. The van der Waals surface area contributed by atoms with Crippen molar-refractivity contribution < 1.29 is 9.53 Å². The second-order valence-electron chi connectivity index (χ2n) is 8.92. The number of fused-ring (bicyclic) bond motifs is 1. The zero-order chi connectivity index (χ0) is 22.8. The van der Waals surface area contributed by atoms with Crippen LogP contribution in [0.15, 0.2) is 30.5 Å². The Kier molecular flexibility index (Phi) is 6.09. The largest absolute Gasteiger partial charge is 0.368 e. The minimum atomic E-state index is -0.287. The summed E-state index contributed by atoms with van der Waals surface area (Å²) >= 11 is 0. The van der Waals surface area contributed by atoms with Crippen molar-refractivity contribution in [2.75, 3.05) is 25.0 Å². The number of pyridine rings is 2. The van der Waals surface area contributed by atoms with E-state index in [1.165, 1.54) is 6.42 Å². The molecule has 0 spiro atoms. The molecule has 172 valence electrons. The molecule has 1 aliphatic carbocycles. The second kappa shape index (κ2) is 9.31. The first-order valence-corrected chi connectivity index (χ1v) is 11.7. The highest BCUT2D eigenvalue weighted by atomic mass is 16.5. The first-order chi connectivity index (χ1) is 16.1. The Hall–Kier alpha value is -3.26. The van der Waals surface area contributed by atoms with E-state index in [4.69, 9.17) is 9.72 Å². The number of anilines is 2. The van der Waals surface area contributed by atoms with Gasteiger partial charge in [0, 0.05) is 35.4 Å². The maximum atomic E-state index is 13.4. The number of H-pyrrole nitrogens is 1. The Labute approximate surface area is 193 Å². The fraction of sp³-hybridized carbons (Fsp3) is 0.440. The molecule has 0 radical (unpaired) electrons. The van der Waals surface area contributed by atoms with Gasteiger partial charge in [0.2, 0.25) is 0 Å². The maximum Gasteiger partial charge on any atom is 0.274 e. The lowest BCUT2D eigenvalue weighted by Crippen LogP contribution is -2.43. The van der Waals surface area contributed by atoms with Crippen LogP contribution in [0, 0.1) is 13.8 Å². The van der Waals surface area contributed by atoms with Crippen LogP contribution in [0.5, 0.6) is 0 Å².